The molecule has 0 bridgehead atoms. The molecule has 0 aliphatic rings. The summed E-state index contributed by atoms with van der Waals surface area (Å²) in [4.78, 5) is 24.9. The summed E-state index contributed by atoms with van der Waals surface area (Å²) >= 11 is 6.07. The lowest BCUT2D eigenvalue weighted by molar-refractivity contribution is -0.122. The van der Waals surface area contributed by atoms with Gasteiger partial charge >= 0.3 is 0 Å². The highest BCUT2D eigenvalue weighted by atomic mass is 35.5. The van der Waals surface area contributed by atoms with Gasteiger partial charge < -0.3 is 20.1 Å². The first kappa shape index (κ1) is 22.2. The van der Waals surface area contributed by atoms with E-state index in [-0.39, 0.29) is 11.8 Å². The maximum atomic E-state index is 12.5. The van der Waals surface area contributed by atoms with Crippen LogP contribution in [0.25, 0.3) is 0 Å². The van der Waals surface area contributed by atoms with E-state index in [9.17, 15) is 9.59 Å². The lowest BCUT2D eigenvalue weighted by Gasteiger charge is -2.16. The van der Waals surface area contributed by atoms with Gasteiger partial charge in [-0.15, -0.1) is 0 Å². The van der Waals surface area contributed by atoms with Crippen molar-refractivity contribution in [3.05, 3.63) is 83.4 Å². The molecular weight excluding hydrogens is 416 g/mol. The molecule has 0 fully saturated rings. The third kappa shape index (κ3) is 5.99. The van der Waals surface area contributed by atoms with Crippen LogP contribution in [0.2, 0.25) is 5.02 Å². The largest absolute Gasteiger partial charge is 0.492 e. The van der Waals surface area contributed by atoms with Crippen LogP contribution in [0.3, 0.4) is 0 Å². The molecule has 0 heterocycles. The fraction of sp³-hybridized carbons (Fsp3) is 0.167. The molecule has 6 nitrogen and oxygen atoms in total. The van der Waals surface area contributed by atoms with Crippen molar-refractivity contribution in [1.29, 1.82) is 0 Å². The van der Waals surface area contributed by atoms with Gasteiger partial charge in [-0.3, -0.25) is 9.59 Å². The smallest absolute Gasteiger partial charge is 0.265 e. The molecule has 0 saturated heterocycles. The van der Waals surface area contributed by atoms with Crippen molar-refractivity contribution < 1.29 is 19.1 Å². The van der Waals surface area contributed by atoms with Gasteiger partial charge in [-0.1, -0.05) is 35.9 Å². The van der Waals surface area contributed by atoms with Crippen LogP contribution < -0.4 is 20.1 Å². The third-order valence-corrected chi connectivity index (χ3v) is 4.70. The summed E-state index contributed by atoms with van der Waals surface area (Å²) in [5, 5.41) is 6.03. The van der Waals surface area contributed by atoms with E-state index in [2.05, 4.69) is 10.6 Å². The summed E-state index contributed by atoms with van der Waals surface area (Å²) in [5.74, 6) is 0.458. The number of anilines is 2. The minimum atomic E-state index is -0.752. The molecule has 0 unspecified atom stereocenters. The van der Waals surface area contributed by atoms with Crippen molar-refractivity contribution in [2.75, 3.05) is 17.2 Å². The van der Waals surface area contributed by atoms with Crippen LogP contribution in [-0.4, -0.2) is 24.5 Å². The Kier molecular flexibility index (Phi) is 7.51. The van der Waals surface area contributed by atoms with E-state index in [1.807, 2.05) is 19.1 Å². The zero-order valence-electron chi connectivity index (χ0n) is 17.2. The number of halogens is 1. The Morgan fingerprint density at radius 3 is 2.23 bits per heavy atom. The van der Waals surface area contributed by atoms with Crippen LogP contribution in [0.5, 0.6) is 11.5 Å². The maximum absolute atomic E-state index is 12.5. The van der Waals surface area contributed by atoms with Gasteiger partial charge in [0.2, 0.25) is 0 Å². The first-order chi connectivity index (χ1) is 15.0. The first-order valence-electron chi connectivity index (χ1n) is 9.83. The molecule has 2 N–H and O–H groups in total. The first-order valence-corrected chi connectivity index (χ1v) is 10.2. The Hall–Kier alpha value is -3.51. The van der Waals surface area contributed by atoms with Crippen LogP contribution in [-0.2, 0) is 4.79 Å². The molecule has 0 radical (unpaired) electrons. The van der Waals surface area contributed by atoms with Gasteiger partial charge in [-0.25, -0.2) is 0 Å². The SMILES string of the molecule is CCOc1ccccc1NC(=O)[C@@H](C)Oc1ccc(C(=O)Nc2ccccc2Cl)cc1. The highest BCUT2D eigenvalue weighted by Gasteiger charge is 2.17. The highest BCUT2D eigenvalue weighted by molar-refractivity contribution is 6.33. The van der Waals surface area contributed by atoms with E-state index in [1.165, 1.54) is 0 Å². The molecule has 0 spiro atoms. The lowest BCUT2D eigenvalue weighted by Crippen LogP contribution is -2.30. The molecule has 0 aliphatic heterocycles. The number of carbonyl (C=O) groups is 2. The van der Waals surface area contributed by atoms with Gasteiger partial charge in [0.05, 0.1) is 23.0 Å². The predicted octanol–water partition coefficient (Wildman–Crippen LogP) is 5.40. The topological polar surface area (TPSA) is 76.7 Å². The second-order valence-corrected chi connectivity index (χ2v) is 7.04. The second kappa shape index (κ2) is 10.5. The van der Waals surface area contributed by atoms with Crippen molar-refractivity contribution in [3.63, 3.8) is 0 Å². The van der Waals surface area contributed by atoms with Crippen LogP contribution in [0, 0.1) is 0 Å². The van der Waals surface area contributed by atoms with Crippen LogP contribution in [0.1, 0.15) is 24.2 Å². The number of nitrogens with one attached hydrogen (secondary N) is 2. The van der Waals surface area contributed by atoms with Gasteiger partial charge in [0.15, 0.2) is 6.10 Å². The van der Waals surface area contributed by atoms with Gasteiger partial charge in [-0.05, 0) is 62.4 Å². The van der Waals surface area contributed by atoms with Crippen LogP contribution >= 0.6 is 11.6 Å². The van der Waals surface area contributed by atoms with E-state index in [0.29, 0.717) is 40.1 Å². The fourth-order valence-corrected chi connectivity index (χ4v) is 2.97. The van der Waals surface area contributed by atoms with Crippen molar-refractivity contribution in [1.82, 2.24) is 0 Å². The molecule has 0 aromatic heterocycles. The number of para-hydroxylation sites is 3. The highest BCUT2D eigenvalue weighted by Crippen LogP contribution is 2.25. The van der Waals surface area contributed by atoms with Crippen molar-refractivity contribution in [2.45, 2.75) is 20.0 Å². The molecule has 0 saturated carbocycles. The summed E-state index contributed by atoms with van der Waals surface area (Å²) in [5.41, 5.74) is 1.55. The monoisotopic (exact) mass is 438 g/mol. The lowest BCUT2D eigenvalue weighted by atomic mass is 10.2. The van der Waals surface area contributed by atoms with Crippen LogP contribution in [0.4, 0.5) is 11.4 Å². The third-order valence-electron chi connectivity index (χ3n) is 4.37. The van der Waals surface area contributed by atoms with Gasteiger partial charge in [0.1, 0.15) is 11.5 Å². The van der Waals surface area contributed by atoms with Gasteiger partial charge in [0.25, 0.3) is 11.8 Å². The number of rotatable bonds is 8. The standard InChI is InChI=1S/C24H23ClN2O4/c1-3-30-22-11-7-6-10-21(22)27-23(28)16(2)31-18-14-12-17(13-15-18)24(29)26-20-9-5-4-8-19(20)25/h4-16H,3H2,1-2H3,(H,26,29)(H,27,28)/t16-/m1/s1. The number of amides is 2. The summed E-state index contributed by atoms with van der Waals surface area (Å²) in [6, 6.07) is 20.7. The zero-order valence-corrected chi connectivity index (χ0v) is 18.0. The number of hydrogen-bond acceptors (Lipinski definition) is 4. The number of carbonyl (C=O) groups excluding carboxylic acids is 2. The quantitative estimate of drug-likeness (QED) is 0.494. The van der Waals surface area contributed by atoms with Gasteiger partial charge in [-0.2, -0.15) is 0 Å². The molecule has 3 aromatic carbocycles. The zero-order chi connectivity index (χ0) is 22.2. The van der Waals surface area contributed by atoms with Crippen molar-refractivity contribution in [3.8, 4) is 11.5 Å². The summed E-state index contributed by atoms with van der Waals surface area (Å²) in [6.07, 6.45) is -0.752. The number of ether oxygens (including phenoxy) is 2. The maximum Gasteiger partial charge on any atom is 0.265 e. The van der Waals surface area contributed by atoms with E-state index in [4.69, 9.17) is 21.1 Å². The van der Waals surface area contributed by atoms with E-state index in [0.717, 1.165) is 0 Å². The molecule has 0 aliphatic carbocycles. The van der Waals surface area contributed by atoms with E-state index in [1.54, 1.807) is 67.6 Å². The summed E-state index contributed by atoms with van der Waals surface area (Å²) < 4.78 is 11.2. The molecular formula is C24H23ClN2O4. The second-order valence-electron chi connectivity index (χ2n) is 6.64. The minimum absolute atomic E-state index is 0.294. The molecule has 3 aromatic rings. The van der Waals surface area contributed by atoms with Crippen LogP contribution in [0.15, 0.2) is 72.8 Å². The molecule has 2 amide bonds. The molecule has 160 valence electrons. The molecule has 3 rings (SSSR count). The fourth-order valence-electron chi connectivity index (χ4n) is 2.79. The van der Waals surface area contributed by atoms with E-state index >= 15 is 0 Å². The normalized spacial score (nSPS) is 11.3. The van der Waals surface area contributed by atoms with Crippen molar-refractivity contribution in [2.24, 2.45) is 0 Å². The Morgan fingerprint density at radius 1 is 0.903 bits per heavy atom. The summed E-state index contributed by atoms with van der Waals surface area (Å²) in [7, 11) is 0. The Balaban J connectivity index is 1.59. The Labute approximate surface area is 186 Å². The van der Waals surface area contributed by atoms with E-state index < -0.39 is 6.10 Å². The van der Waals surface area contributed by atoms with Crippen molar-refractivity contribution >= 4 is 34.8 Å². The molecule has 1 atom stereocenters. The average molecular weight is 439 g/mol. The number of benzene rings is 3. The van der Waals surface area contributed by atoms with Gasteiger partial charge in [0, 0.05) is 5.56 Å². The average Bonchev–Trinajstić information content (AvgIpc) is 2.77. The molecule has 7 heteroatoms. The predicted molar refractivity (Wildman–Crippen MR) is 122 cm³/mol. The summed E-state index contributed by atoms with van der Waals surface area (Å²) in [6.45, 7) is 4.02. The number of hydrogen-bond donors (Lipinski definition) is 2. The Morgan fingerprint density at radius 2 is 1.55 bits per heavy atom. The molecule has 31 heavy (non-hydrogen) atoms. The Bertz CT molecular complexity index is 1050. The minimum Gasteiger partial charge on any atom is -0.492 e.